The Balaban J connectivity index is 2.01. The molecule has 2 aromatic carbocycles. The Morgan fingerprint density at radius 1 is 1.11 bits per heavy atom. The number of benzene rings is 2. The SMILES string of the molecule is Nc1ccc(CC(=O)Nc2ccccc2F)cc1. The van der Waals surface area contributed by atoms with Gasteiger partial charge in [0.2, 0.25) is 5.91 Å². The summed E-state index contributed by atoms with van der Waals surface area (Å²) in [7, 11) is 0. The zero-order valence-corrected chi connectivity index (χ0v) is 9.69. The van der Waals surface area contributed by atoms with Gasteiger partial charge in [-0.2, -0.15) is 0 Å². The Kier molecular flexibility index (Phi) is 3.57. The van der Waals surface area contributed by atoms with Crippen molar-refractivity contribution in [1.82, 2.24) is 0 Å². The molecule has 0 bridgehead atoms. The first-order valence-electron chi connectivity index (χ1n) is 5.54. The lowest BCUT2D eigenvalue weighted by Crippen LogP contribution is -2.15. The average molecular weight is 244 g/mol. The van der Waals surface area contributed by atoms with Crippen molar-refractivity contribution in [2.75, 3.05) is 11.1 Å². The van der Waals surface area contributed by atoms with Crippen LogP contribution in [0.3, 0.4) is 0 Å². The highest BCUT2D eigenvalue weighted by Gasteiger charge is 2.06. The second-order valence-corrected chi connectivity index (χ2v) is 3.95. The molecule has 0 aliphatic rings. The average Bonchev–Trinajstić information content (AvgIpc) is 2.35. The van der Waals surface area contributed by atoms with Gasteiger partial charge in [-0.15, -0.1) is 0 Å². The molecule has 0 unspecified atom stereocenters. The highest BCUT2D eigenvalue weighted by Crippen LogP contribution is 2.13. The van der Waals surface area contributed by atoms with Crippen LogP contribution in [0.2, 0.25) is 0 Å². The van der Waals surface area contributed by atoms with Gasteiger partial charge in [-0.25, -0.2) is 4.39 Å². The van der Waals surface area contributed by atoms with Crippen LogP contribution in [0.15, 0.2) is 48.5 Å². The summed E-state index contributed by atoms with van der Waals surface area (Å²) in [6, 6.07) is 13.1. The maximum atomic E-state index is 13.3. The minimum atomic E-state index is -0.442. The molecule has 0 saturated carbocycles. The predicted octanol–water partition coefficient (Wildman–Crippen LogP) is 2.59. The number of para-hydroxylation sites is 1. The molecule has 0 aliphatic carbocycles. The van der Waals surface area contributed by atoms with Crippen LogP contribution in [0.5, 0.6) is 0 Å². The molecule has 0 aliphatic heterocycles. The van der Waals surface area contributed by atoms with E-state index >= 15 is 0 Å². The van der Waals surface area contributed by atoms with Gasteiger partial charge in [-0.3, -0.25) is 4.79 Å². The van der Waals surface area contributed by atoms with Gasteiger partial charge in [-0.05, 0) is 29.8 Å². The number of rotatable bonds is 3. The van der Waals surface area contributed by atoms with Gasteiger partial charge in [0, 0.05) is 5.69 Å². The number of carbonyl (C=O) groups excluding carboxylic acids is 1. The van der Waals surface area contributed by atoms with Crippen LogP contribution in [0.4, 0.5) is 15.8 Å². The molecule has 92 valence electrons. The van der Waals surface area contributed by atoms with Crippen LogP contribution < -0.4 is 11.1 Å². The van der Waals surface area contributed by atoms with Gasteiger partial charge in [0.25, 0.3) is 0 Å². The van der Waals surface area contributed by atoms with Crippen molar-refractivity contribution in [2.24, 2.45) is 0 Å². The van der Waals surface area contributed by atoms with E-state index in [1.54, 1.807) is 36.4 Å². The summed E-state index contributed by atoms with van der Waals surface area (Å²) in [4.78, 5) is 11.7. The van der Waals surface area contributed by atoms with Crippen molar-refractivity contribution in [3.05, 3.63) is 59.9 Å². The second kappa shape index (κ2) is 5.31. The Hall–Kier alpha value is -2.36. The Labute approximate surface area is 104 Å². The van der Waals surface area contributed by atoms with Gasteiger partial charge in [0.1, 0.15) is 5.82 Å². The smallest absolute Gasteiger partial charge is 0.228 e. The third-order valence-corrected chi connectivity index (χ3v) is 2.49. The largest absolute Gasteiger partial charge is 0.399 e. The number of hydrogen-bond donors (Lipinski definition) is 2. The fourth-order valence-electron chi connectivity index (χ4n) is 1.58. The monoisotopic (exact) mass is 244 g/mol. The molecule has 4 heteroatoms. The van der Waals surface area contributed by atoms with E-state index in [0.29, 0.717) is 5.69 Å². The maximum Gasteiger partial charge on any atom is 0.228 e. The normalized spacial score (nSPS) is 10.1. The second-order valence-electron chi connectivity index (χ2n) is 3.95. The van der Waals surface area contributed by atoms with Crippen molar-refractivity contribution in [3.63, 3.8) is 0 Å². The summed E-state index contributed by atoms with van der Waals surface area (Å²) in [5.74, 6) is -0.701. The summed E-state index contributed by atoms with van der Waals surface area (Å²) in [5, 5.41) is 2.53. The molecule has 0 aromatic heterocycles. The van der Waals surface area contributed by atoms with Crippen LogP contribution in [0.25, 0.3) is 0 Å². The zero-order chi connectivity index (χ0) is 13.0. The summed E-state index contributed by atoms with van der Waals surface area (Å²) in [5.41, 5.74) is 7.22. The number of halogens is 1. The highest BCUT2D eigenvalue weighted by atomic mass is 19.1. The quantitative estimate of drug-likeness (QED) is 0.815. The van der Waals surface area contributed by atoms with Crippen LogP contribution in [-0.4, -0.2) is 5.91 Å². The highest BCUT2D eigenvalue weighted by molar-refractivity contribution is 5.92. The molecule has 1 amide bonds. The van der Waals surface area contributed by atoms with Crippen molar-refractivity contribution in [2.45, 2.75) is 6.42 Å². The van der Waals surface area contributed by atoms with Gasteiger partial charge >= 0.3 is 0 Å². The molecule has 0 spiro atoms. The molecular weight excluding hydrogens is 231 g/mol. The third-order valence-electron chi connectivity index (χ3n) is 2.49. The van der Waals surface area contributed by atoms with Gasteiger partial charge in [-0.1, -0.05) is 24.3 Å². The minimum absolute atomic E-state index is 0.189. The number of amides is 1. The van der Waals surface area contributed by atoms with Crippen LogP contribution in [0, 0.1) is 5.82 Å². The van der Waals surface area contributed by atoms with E-state index in [-0.39, 0.29) is 18.0 Å². The van der Waals surface area contributed by atoms with Gasteiger partial charge < -0.3 is 11.1 Å². The van der Waals surface area contributed by atoms with E-state index in [0.717, 1.165) is 5.56 Å². The fraction of sp³-hybridized carbons (Fsp3) is 0.0714. The van der Waals surface area contributed by atoms with Gasteiger partial charge in [0.15, 0.2) is 0 Å². The maximum absolute atomic E-state index is 13.3. The lowest BCUT2D eigenvalue weighted by molar-refractivity contribution is -0.115. The summed E-state index contributed by atoms with van der Waals surface area (Å²) in [6.45, 7) is 0. The molecule has 3 N–H and O–H groups in total. The summed E-state index contributed by atoms with van der Waals surface area (Å²) < 4.78 is 13.3. The molecule has 2 aromatic rings. The first-order valence-corrected chi connectivity index (χ1v) is 5.54. The molecular formula is C14H13FN2O. The topological polar surface area (TPSA) is 55.1 Å². The molecule has 0 radical (unpaired) electrons. The molecule has 0 saturated heterocycles. The first-order chi connectivity index (χ1) is 8.65. The summed E-state index contributed by atoms with van der Waals surface area (Å²) in [6.07, 6.45) is 0.189. The van der Waals surface area contributed by atoms with E-state index in [1.807, 2.05) is 0 Å². The molecule has 0 heterocycles. The lowest BCUT2D eigenvalue weighted by atomic mass is 10.1. The van der Waals surface area contributed by atoms with E-state index in [2.05, 4.69) is 5.32 Å². The fourth-order valence-corrected chi connectivity index (χ4v) is 1.58. The van der Waals surface area contributed by atoms with Crippen molar-refractivity contribution < 1.29 is 9.18 Å². The summed E-state index contributed by atoms with van der Waals surface area (Å²) >= 11 is 0. The minimum Gasteiger partial charge on any atom is -0.399 e. The van der Waals surface area contributed by atoms with Crippen LogP contribution in [0.1, 0.15) is 5.56 Å². The number of carbonyl (C=O) groups is 1. The molecule has 3 nitrogen and oxygen atoms in total. The first kappa shape index (κ1) is 12.1. The standard InChI is InChI=1S/C14H13FN2O/c15-12-3-1-2-4-13(12)17-14(18)9-10-5-7-11(16)8-6-10/h1-8H,9,16H2,(H,17,18). The van der Waals surface area contributed by atoms with Gasteiger partial charge in [0.05, 0.1) is 12.1 Å². The number of nitrogen functional groups attached to an aromatic ring is 1. The molecule has 2 rings (SSSR count). The number of nitrogens with one attached hydrogen (secondary N) is 1. The van der Waals surface area contributed by atoms with Crippen LogP contribution >= 0.6 is 0 Å². The lowest BCUT2D eigenvalue weighted by Gasteiger charge is -2.06. The number of hydrogen-bond acceptors (Lipinski definition) is 2. The molecule has 18 heavy (non-hydrogen) atoms. The van der Waals surface area contributed by atoms with Crippen molar-refractivity contribution in [1.29, 1.82) is 0 Å². The van der Waals surface area contributed by atoms with E-state index in [9.17, 15) is 9.18 Å². The van der Waals surface area contributed by atoms with E-state index < -0.39 is 5.82 Å². The van der Waals surface area contributed by atoms with E-state index in [1.165, 1.54) is 12.1 Å². The zero-order valence-electron chi connectivity index (χ0n) is 9.69. The Morgan fingerprint density at radius 2 is 1.78 bits per heavy atom. The van der Waals surface area contributed by atoms with E-state index in [4.69, 9.17) is 5.73 Å². The number of nitrogens with two attached hydrogens (primary N) is 1. The molecule has 0 atom stereocenters. The van der Waals surface area contributed by atoms with Crippen LogP contribution in [-0.2, 0) is 11.2 Å². The predicted molar refractivity (Wildman–Crippen MR) is 69.6 cm³/mol. The Bertz CT molecular complexity index is 552. The number of anilines is 2. The third kappa shape index (κ3) is 3.07. The van der Waals surface area contributed by atoms with Crippen molar-refractivity contribution in [3.8, 4) is 0 Å². The van der Waals surface area contributed by atoms with Crippen molar-refractivity contribution >= 4 is 17.3 Å². The Morgan fingerprint density at radius 3 is 2.44 bits per heavy atom. The molecule has 0 fully saturated rings.